The van der Waals surface area contributed by atoms with E-state index in [1.165, 1.54) is 18.7 Å². The molecule has 0 bridgehead atoms. The lowest BCUT2D eigenvalue weighted by Crippen LogP contribution is -2.25. The molecule has 0 spiro atoms. The first-order valence-electron chi connectivity index (χ1n) is 6.48. The lowest BCUT2D eigenvalue weighted by Gasteiger charge is -2.18. The molecule has 2 nitrogen and oxygen atoms in total. The third-order valence-corrected chi connectivity index (χ3v) is 4.02. The fourth-order valence-corrected chi connectivity index (χ4v) is 3.22. The minimum absolute atomic E-state index is 0.706. The van der Waals surface area contributed by atoms with E-state index in [1.54, 1.807) is 5.57 Å². The Morgan fingerprint density at radius 3 is 2.82 bits per heavy atom. The number of hydrogen-bond acceptors (Lipinski definition) is 2. The van der Waals surface area contributed by atoms with Crippen LogP contribution in [0.25, 0.3) is 0 Å². The van der Waals surface area contributed by atoms with E-state index in [2.05, 4.69) is 53.7 Å². The van der Waals surface area contributed by atoms with Crippen molar-refractivity contribution < 1.29 is 0 Å². The Bertz CT molecular complexity index is 415. The Balaban J connectivity index is 1.97. The summed E-state index contributed by atoms with van der Waals surface area (Å²) in [7, 11) is 2.23. The molecule has 0 aromatic heterocycles. The second kappa shape index (κ2) is 4.63. The molecule has 1 aliphatic carbocycles. The quantitative estimate of drug-likeness (QED) is 0.679. The molecule has 2 fully saturated rings. The maximum absolute atomic E-state index is 3.59. The van der Waals surface area contributed by atoms with E-state index in [-0.39, 0.29) is 0 Å². The second-order valence-electron chi connectivity index (χ2n) is 5.30. The van der Waals surface area contributed by atoms with Gasteiger partial charge < -0.3 is 10.2 Å². The normalized spacial score (nSPS) is 42.9. The van der Waals surface area contributed by atoms with E-state index < -0.39 is 0 Å². The standard InChI is InChI=1S/C15H20N2/c1-17-10-13-9-16-8-12-6-4-2-3-5-7-14(12)15(13)11-17/h2-7,13,15-16H,8-11H2,1H3/b3-2?,4-2-,5-3-,6-4?,7-5?,12-6-,14-7+. The van der Waals surface area contributed by atoms with Gasteiger partial charge >= 0.3 is 0 Å². The monoisotopic (exact) mass is 228 g/mol. The molecule has 90 valence electrons. The van der Waals surface area contributed by atoms with Gasteiger partial charge in [0, 0.05) is 32.1 Å². The summed E-state index contributed by atoms with van der Waals surface area (Å²) in [5, 5.41) is 3.59. The lowest BCUT2D eigenvalue weighted by atomic mass is 9.85. The van der Waals surface area contributed by atoms with Crippen LogP contribution in [0.3, 0.4) is 0 Å². The third-order valence-electron chi connectivity index (χ3n) is 4.02. The summed E-state index contributed by atoms with van der Waals surface area (Å²) in [6, 6.07) is 0. The van der Waals surface area contributed by atoms with Crippen LogP contribution in [0, 0.1) is 11.8 Å². The average Bonchev–Trinajstić information content (AvgIpc) is 2.56. The molecule has 1 N–H and O–H groups in total. The topological polar surface area (TPSA) is 15.3 Å². The van der Waals surface area contributed by atoms with E-state index >= 15 is 0 Å². The van der Waals surface area contributed by atoms with Crippen LogP contribution in [0.5, 0.6) is 0 Å². The van der Waals surface area contributed by atoms with Gasteiger partial charge in [0.15, 0.2) is 0 Å². The second-order valence-corrected chi connectivity index (χ2v) is 5.30. The predicted octanol–water partition coefficient (Wildman–Crippen LogP) is 1.75. The number of nitrogens with zero attached hydrogens (tertiary/aromatic N) is 1. The molecule has 3 aliphatic rings. The van der Waals surface area contributed by atoms with Gasteiger partial charge in [-0.15, -0.1) is 0 Å². The van der Waals surface area contributed by atoms with E-state index in [1.807, 2.05) is 0 Å². The number of likely N-dealkylation sites (tertiary alicyclic amines) is 1. The molecule has 3 rings (SSSR count). The fourth-order valence-electron chi connectivity index (χ4n) is 3.22. The highest BCUT2D eigenvalue weighted by molar-refractivity contribution is 5.43. The molecule has 2 heteroatoms. The molecule has 0 aromatic rings. The number of hydrogen-bond donors (Lipinski definition) is 1. The Hall–Kier alpha value is -1.12. The summed E-state index contributed by atoms with van der Waals surface area (Å²) in [5.41, 5.74) is 3.01. The molecule has 0 aromatic carbocycles. The highest BCUT2D eigenvalue weighted by Crippen LogP contribution is 2.34. The predicted molar refractivity (Wildman–Crippen MR) is 71.8 cm³/mol. The number of rotatable bonds is 0. The Kier molecular flexibility index (Phi) is 3.00. The summed E-state index contributed by atoms with van der Waals surface area (Å²) in [6.07, 6.45) is 13.1. The molecule has 2 heterocycles. The molecular weight excluding hydrogens is 208 g/mol. The summed E-state index contributed by atoms with van der Waals surface area (Å²) in [4.78, 5) is 2.46. The van der Waals surface area contributed by atoms with Gasteiger partial charge in [-0.25, -0.2) is 0 Å². The first-order chi connectivity index (χ1) is 8.34. The number of fused-ring (bicyclic) bond motifs is 3. The Morgan fingerprint density at radius 2 is 1.94 bits per heavy atom. The third kappa shape index (κ3) is 2.15. The highest BCUT2D eigenvalue weighted by Gasteiger charge is 2.35. The summed E-state index contributed by atoms with van der Waals surface area (Å²) in [6.45, 7) is 4.59. The van der Waals surface area contributed by atoms with Crippen LogP contribution in [0.2, 0.25) is 0 Å². The van der Waals surface area contributed by atoms with Crippen molar-refractivity contribution >= 4 is 0 Å². The summed E-state index contributed by atoms with van der Waals surface area (Å²) in [5.74, 6) is 1.48. The van der Waals surface area contributed by atoms with Crippen LogP contribution in [0.15, 0.2) is 47.6 Å². The van der Waals surface area contributed by atoms with Gasteiger partial charge in [-0.2, -0.15) is 0 Å². The molecular formula is C15H20N2. The first kappa shape index (κ1) is 11.0. The van der Waals surface area contributed by atoms with Crippen LogP contribution >= 0.6 is 0 Å². The summed E-state index contributed by atoms with van der Waals surface area (Å²) >= 11 is 0. The Morgan fingerprint density at radius 1 is 1.12 bits per heavy atom. The van der Waals surface area contributed by atoms with Crippen LogP contribution in [-0.2, 0) is 0 Å². The van der Waals surface area contributed by atoms with Gasteiger partial charge in [0.05, 0.1) is 0 Å². The van der Waals surface area contributed by atoms with Crippen molar-refractivity contribution in [2.45, 2.75) is 0 Å². The van der Waals surface area contributed by atoms with E-state index in [9.17, 15) is 0 Å². The largest absolute Gasteiger partial charge is 0.312 e. The minimum atomic E-state index is 0.706. The van der Waals surface area contributed by atoms with Crippen LogP contribution in [0.4, 0.5) is 0 Å². The van der Waals surface area contributed by atoms with E-state index in [0.29, 0.717) is 5.92 Å². The number of allylic oxidation sites excluding steroid dienone is 6. The smallest absolute Gasteiger partial charge is 0.0208 e. The zero-order valence-corrected chi connectivity index (χ0v) is 10.4. The molecule has 0 radical (unpaired) electrons. The van der Waals surface area contributed by atoms with Crippen molar-refractivity contribution in [3.63, 3.8) is 0 Å². The van der Waals surface area contributed by atoms with Crippen molar-refractivity contribution in [2.24, 2.45) is 11.8 Å². The molecule has 17 heavy (non-hydrogen) atoms. The fraction of sp³-hybridized carbons (Fsp3) is 0.467. The molecule has 0 amide bonds. The van der Waals surface area contributed by atoms with E-state index in [4.69, 9.17) is 0 Å². The Labute approximate surface area is 103 Å². The van der Waals surface area contributed by atoms with Crippen LogP contribution < -0.4 is 5.32 Å². The summed E-state index contributed by atoms with van der Waals surface area (Å²) < 4.78 is 0. The zero-order valence-electron chi connectivity index (χ0n) is 10.4. The maximum atomic E-state index is 3.59. The zero-order chi connectivity index (χ0) is 11.7. The van der Waals surface area contributed by atoms with Crippen LogP contribution in [-0.4, -0.2) is 38.1 Å². The minimum Gasteiger partial charge on any atom is -0.312 e. The SMILES string of the molecule is CN1CC2CNCC3=C/C=C\C=C/C=C\3C2C1. The van der Waals surface area contributed by atoms with Gasteiger partial charge in [0.25, 0.3) is 0 Å². The average molecular weight is 228 g/mol. The maximum Gasteiger partial charge on any atom is 0.0208 e. The van der Waals surface area contributed by atoms with E-state index in [0.717, 1.165) is 19.0 Å². The molecule has 2 saturated heterocycles. The number of nitrogens with one attached hydrogen (secondary N) is 1. The molecule has 2 unspecified atom stereocenters. The van der Waals surface area contributed by atoms with Gasteiger partial charge in [-0.05, 0) is 24.1 Å². The van der Waals surface area contributed by atoms with Crippen molar-refractivity contribution in [2.75, 3.05) is 33.2 Å². The lowest BCUT2D eigenvalue weighted by molar-refractivity contribution is 0.390. The van der Waals surface area contributed by atoms with Gasteiger partial charge in [-0.3, -0.25) is 0 Å². The van der Waals surface area contributed by atoms with Crippen LogP contribution in [0.1, 0.15) is 0 Å². The van der Waals surface area contributed by atoms with Gasteiger partial charge in [0.2, 0.25) is 0 Å². The van der Waals surface area contributed by atoms with Gasteiger partial charge in [-0.1, -0.05) is 36.5 Å². The first-order valence-corrected chi connectivity index (χ1v) is 6.48. The molecule has 2 atom stereocenters. The van der Waals surface area contributed by atoms with Crippen molar-refractivity contribution in [3.05, 3.63) is 47.6 Å². The molecule has 0 saturated carbocycles. The highest BCUT2D eigenvalue weighted by atomic mass is 15.1. The molecule has 2 aliphatic heterocycles. The van der Waals surface area contributed by atoms with Crippen molar-refractivity contribution in [1.29, 1.82) is 0 Å². The van der Waals surface area contributed by atoms with Gasteiger partial charge in [0.1, 0.15) is 0 Å². The van der Waals surface area contributed by atoms with Crippen molar-refractivity contribution in [3.8, 4) is 0 Å². The van der Waals surface area contributed by atoms with Crippen molar-refractivity contribution in [1.82, 2.24) is 10.2 Å².